The Morgan fingerprint density at radius 3 is 2.67 bits per heavy atom. The topological polar surface area (TPSA) is 70.9 Å². The van der Waals surface area contributed by atoms with Gasteiger partial charge in [-0.15, -0.1) is 0 Å². The third kappa shape index (κ3) is 5.33. The molecule has 0 saturated carbocycles. The average Bonchev–Trinajstić information content (AvgIpc) is 2.68. The summed E-state index contributed by atoms with van der Waals surface area (Å²) in [6.45, 7) is 0.489. The summed E-state index contributed by atoms with van der Waals surface area (Å²) in [5.41, 5.74) is 5.29. The highest BCUT2D eigenvalue weighted by Crippen LogP contribution is 2.20. The van der Waals surface area contributed by atoms with Crippen LogP contribution in [0.25, 0.3) is 0 Å². The molecule has 0 atom stereocenters. The smallest absolute Gasteiger partial charge is 0.337 e. The summed E-state index contributed by atoms with van der Waals surface area (Å²) in [6.07, 6.45) is 1.63. The summed E-state index contributed by atoms with van der Waals surface area (Å²) in [6, 6.07) is 22.1. The number of ether oxygens (including phenoxy) is 1. The molecule has 3 aromatic carbocycles. The first-order chi connectivity index (χ1) is 13.1. The second-order valence-corrected chi connectivity index (χ2v) is 6.12. The van der Waals surface area contributed by atoms with Crippen LogP contribution in [-0.4, -0.2) is 17.3 Å². The van der Waals surface area contributed by atoms with E-state index in [1.807, 2.05) is 54.6 Å². The monoisotopic (exact) mass is 380 g/mol. The number of hydrogen-bond donors (Lipinski definition) is 2. The third-order valence-corrected chi connectivity index (χ3v) is 4.04. The van der Waals surface area contributed by atoms with Gasteiger partial charge in [0.05, 0.1) is 22.5 Å². The molecular weight excluding hydrogens is 364 g/mol. The Morgan fingerprint density at radius 1 is 1.07 bits per heavy atom. The van der Waals surface area contributed by atoms with Crippen molar-refractivity contribution in [3.8, 4) is 5.75 Å². The molecule has 0 aromatic heterocycles. The molecular formula is C21H17ClN2O3. The minimum absolute atomic E-state index is 0.0215. The number of hydrazone groups is 1. The quantitative estimate of drug-likeness (QED) is 0.443. The number of carbonyl (C=O) groups is 1. The van der Waals surface area contributed by atoms with Crippen molar-refractivity contribution in [1.82, 2.24) is 0 Å². The summed E-state index contributed by atoms with van der Waals surface area (Å²) in [5, 5.41) is 13.4. The fraction of sp³-hybridized carbons (Fsp3) is 0.0476. The lowest BCUT2D eigenvalue weighted by molar-refractivity contribution is 0.0697. The number of hydrogen-bond acceptors (Lipinski definition) is 4. The van der Waals surface area contributed by atoms with Crippen molar-refractivity contribution in [1.29, 1.82) is 0 Å². The van der Waals surface area contributed by atoms with Gasteiger partial charge in [-0.3, -0.25) is 5.43 Å². The van der Waals surface area contributed by atoms with E-state index in [0.717, 1.165) is 16.9 Å². The maximum atomic E-state index is 11.1. The first-order valence-corrected chi connectivity index (χ1v) is 8.58. The maximum Gasteiger partial charge on any atom is 0.337 e. The van der Waals surface area contributed by atoms with E-state index < -0.39 is 5.97 Å². The molecule has 0 radical (unpaired) electrons. The minimum atomic E-state index is -1.09. The summed E-state index contributed by atoms with van der Waals surface area (Å²) in [7, 11) is 0. The van der Waals surface area contributed by atoms with Crippen LogP contribution in [0, 0.1) is 0 Å². The van der Waals surface area contributed by atoms with Crippen molar-refractivity contribution in [3.63, 3.8) is 0 Å². The lowest BCUT2D eigenvalue weighted by Gasteiger charge is -2.07. The minimum Gasteiger partial charge on any atom is -0.489 e. The molecule has 5 nitrogen and oxygen atoms in total. The van der Waals surface area contributed by atoms with E-state index in [4.69, 9.17) is 21.4 Å². The zero-order valence-corrected chi connectivity index (χ0v) is 15.1. The Bertz CT molecular complexity index is 959. The van der Waals surface area contributed by atoms with Gasteiger partial charge in [0, 0.05) is 0 Å². The number of halogens is 1. The number of benzene rings is 3. The molecule has 0 aliphatic rings. The fourth-order valence-electron chi connectivity index (χ4n) is 2.37. The largest absolute Gasteiger partial charge is 0.489 e. The van der Waals surface area contributed by atoms with Gasteiger partial charge in [-0.2, -0.15) is 5.10 Å². The van der Waals surface area contributed by atoms with Gasteiger partial charge in [0.15, 0.2) is 0 Å². The molecule has 6 heteroatoms. The van der Waals surface area contributed by atoms with Crippen molar-refractivity contribution in [2.24, 2.45) is 5.10 Å². The Balaban J connectivity index is 1.62. The number of nitrogens with one attached hydrogen (secondary N) is 1. The number of anilines is 1. The predicted octanol–water partition coefficient (Wildman–Crippen LogP) is 5.06. The second-order valence-electron chi connectivity index (χ2n) is 5.72. The van der Waals surface area contributed by atoms with Crippen LogP contribution in [0.2, 0.25) is 5.02 Å². The molecule has 0 heterocycles. The number of aromatic carboxylic acids is 1. The molecule has 0 fully saturated rings. The zero-order chi connectivity index (χ0) is 19.1. The van der Waals surface area contributed by atoms with Crippen LogP contribution in [0.5, 0.6) is 5.75 Å². The summed E-state index contributed by atoms with van der Waals surface area (Å²) in [4.78, 5) is 11.1. The van der Waals surface area contributed by atoms with Gasteiger partial charge >= 0.3 is 5.97 Å². The van der Waals surface area contributed by atoms with Gasteiger partial charge in [-0.05, 0) is 41.5 Å². The second kappa shape index (κ2) is 8.87. The third-order valence-electron chi connectivity index (χ3n) is 3.71. The lowest BCUT2D eigenvalue weighted by Crippen LogP contribution is -1.99. The highest BCUT2D eigenvalue weighted by molar-refractivity contribution is 6.33. The summed E-state index contributed by atoms with van der Waals surface area (Å²) < 4.78 is 5.79. The highest BCUT2D eigenvalue weighted by Gasteiger charge is 2.08. The Hall–Kier alpha value is -3.31. The molecule has 0 spiro atoms. The van der Waals surface area contributed by atoms with Crippen molar-refractivity contribution in [3.05, 3.63) is 94.5 Å². The molecule has 0 amide bonds. The van der Waals surface area contributed by atoms with E-state index in [1.165, 1.54) is 12.1 Å². The maximum absolute atomic E-state index is 11.1. The number of carboxylic acid groups (broad SMARTS) is 1. The molecule has 0 unspecified atom stereocenters. The van der Waals surface area contributed by atoms with Gasteiger partial charge in [-0.25, -0.2) is 4.79 Å². The van der Waals surface area contributed by atoms with Crippen molar-refractivity contribution < 1.29 is 14.6 Å². The fourth-order valence-corrected chi connectivity index (χ4v) is 2.56. The molecule has 136 valence electrons. The first-order valence-electron chi connectivity index (χ1n) is 8.20. The average molecular weight is 381 g/mol. The molecule has 3 rings (SSSR count). The zero-order valence-electron chi connectivity index (χ0n) is 14.3. The van der Waals surface area contributed by atoms with Crippen LogP contribution in [0.4, 0.5) is 5.69 Å². The van der Waals surface area contributed by atoms with E-state index in [9.17, 15) is 4.79 Å². The molecule has 27 heavy (non-hydrogen) atoms. The van der Waals surface area contributed by atoms with Crippen LogP contribution < -0.4 is 10.2 Å². The van der Waals surface area contributed by atoms with Gasteiger partial charge < -0.3 is 9.84 Å². The molecule has 0 saturated heterocycles. The van der Waals surface area contributed by atoms with E-state index >= 15 is 0 Å². The highest BCUT2D eigenvalue weighted by atomic mass is 35.5. The number of carboxylic acids is 1. The van der Waals surface area contributed by atoms with Crippen molar-refractivity contribution in [2.45, 2.75) is 6.61 Å². The molecule has 0 aliphatic heterocycles. The summed E-state index contributed by atoms with van der Waals surface area (Å²) >= 11 is 5.85. The number of nitrogens with zero attached hydrogens (tertiary/aromatic N) is 1. The summed E-state index contributed by atoms with van der Waals surface area (Å²) in [5.74, 6) is -0.349. The Labute approximate surface area is 161 Å². The van der Waals surface area contributed by atoms with Crippen LogP contribution in [0.1, 0.15) is 21.5 Å². The van der Waals surface area contributed by atoms with Gasteiger partial charge in [0.2, 0.25) is 0 Å². The normalized spacial score (nSPS) is 10.7. The lowest BCUT2D eigenvalue weighted by atomic mass is 10.2. The predicted molar refractivity (Wildman–Crippen MR) is 107 cm³/mol. The van der Waals surface area contributed by atoms with Gasteiger partial charge in [-0.1, -0.05) is 54.1 Å². The van der Waals surface area contributed by atoms with Gasteiger partial charge in [0.1, 0.15) is 12.4 Å². The standard InChI is InChI=1S/C21H17ClN2O3/c22-20-10-9-17(12-19(20)21(25)26)24-23-13-16-7-4-8-18(11-16)27-14-15-5-2-1-3-6-15/h1-13,24H,14H2,(H,25,26). The molecule has 0 bridgehead atoms. The SMILES string of the molecule is O=C(O)c1cc(NN=Cc2cccc(OCc3ccccc3)c2)ccc1Cl. The van der Waals surface area contributed by atoms with Crippen LogP contribution in [0.15, 0.2) is 77.9 Å². The van der Waals surface area contributed by atoms with E-state index in [0.29, 0.717) is 12.3 Å². The van der Waals surface area contributed by atoms with E-state index in [1.54, 1.807) is 12.3 Å². The van der Waals surface area contributed by atoms with Crippen molar-refractivity contribution in [2.75, 3.05) is 5.43 Å². The molecule has 2 N–H and O–H groups in total. The first kappa shape index (κ1) is 18.5. The Kier molecular flexibility index (Phi) is 6.07. The molecule has 0 aliphatic carbocycles. The van der Waals surface area contributed by atoms with Crippen LogP contribution in [-0.2, 0) is 6.61 Å². The van der Waals surface area contributed by atoms with Crippen molar-refractivity contribution >= 4 is 29.5 Å². The van der Waals surface area contributed by atoms with E-state index in [-0.39, 0.29) is 10.6 Å². The van der Waals surface area contributed by atoms with Crippen LogP contribution in [0.3, 0.4) is 0 Å². The molecule has 3 aromatic rings. The Morgan fingerprint density at radius 2 is 1.89 bits per heavy atom. The van der Waals surface area contributed by atoms with E-state index in [2.05, 4.69) is 10.5 Å². The van der Waals surface area contributed by atoms with Crippen LogP contribution >= 0.6 is 11.6 Å². The number of rotatable bonds is 7. The van der Waals surface area contributed by atoms with Gasteiger partial charge in [0.25, 0.3) is 0 Å².